The Morgan fingerprint density at radius 1 is 1.19 bits per heavy atom. The summed E-state index contributed by atoms with van der Waals surface area (Å²) in [7, 11) is 0. The highest BCUT2D eigenvalue weighted by Crippen LogP contribution is 2.21. The van der Waals surface area contributed by atoms with Gasteiger partial charge in [-0.15, -0.1) is 0 Å². The van der Waals surface area contributed by atoms with Gasteiger partial charge < -0.3 is 9.30 Å². The van der Waals surface area contributed by atoms with Crippen LogP contribution in [-0.4, -0.2) is 17.8 Å². The zero-order valence-corrected chi connectivity index (χ0v) is 10.1. The summed E-state index contributed by atoms with van der Waals surface area (Å²) in [5, 5.41) is 1.38. The highest BCUT2D eigenvalue weighted by atomic mass is 16.5. The molecule has 0 fully saturated rings. The molecule has 2 nitrogen and oxygen atoms in total. The molecule has 0 aliphatic heterocycles. The lowest BCUT2D eigenvalue weighted by molar-refractivity contribution is 0.140. The smallest absolute Gasteiger partial charge is 0.0645 e. The van der Waals surface area contributed by atoms with Crippen molar-refractivity contribution in [1.82, 2.24) is 4.57 Å². The summed E-state index contributed by atoms with van der Waals surface area (Å²) in [5.41, 5.74) is 2.74. The number of ether oxygens (including phenoxy) is 1. The normalized spacial score (nSPS) is 11.1. The third-order valence-electron chi connectivity index (χ3n) is 2.93. The summed E-state index contributed by atoms with van der Waals surface area (Å²) in [6, 6.07) is 8.58. The van der Waals surface area contributed by atoms with E-state index in [1.807, 2.05) is 6.92 Å². The van der Waals surface area contributed by atoms with Gasteiger partial charge in [0.15, 0.2) is 0 Å². The summed E-state index contributed by atoms with van der Waals surface area (Å²) in [6.07, 6.45) is 3.34. The molecule has 0 aliphatic carbocycles. The highest BCUT2D eigenvalue weighted by Gasteiger charge is 2.05. The molecule has 2 heteroatoms. The number of para-hydroxylation sites is 1. The molecule has 0 aliphatic rings. The van der Waals surface area contributed by atoms with Crippen LogP contribution in [0.4, 0.5) is 0 Å². The van der Waals surface area contributed by atoms with Crippen LogP contribution >= 0.6 is 0 Å². The molecule has 0 saturated carbocycles. The van der Waals surface area contributed by atoms with Gasteiger partial charge in [0.1, 0.15) is 0 Å². The van der Waals surface area contributed by atoms with Crippen LogP contribution in [0.5, 0.6) is 0 Å². The zero-order valence-electron chi connectivity index (χ0n) is 10.1. The molecule has 0 radical (unpaired) electrons. The minimum atomic E-state index is 0.790. The first-order chi connectivity index (χ1) is 7.86. The number of aryl methyl sites for hydroxylation is 1. The van der Waals surface area contributed by atoms with Gasteiger partial charge >= 0.3 is 0 Å². The highest BCUT2D eigenvalue weighted by molar-refractivity contribution is 5.83. The molecule has 1 aromatic heterocycles. The van der Waals surface area contributed by atoms with Gasteiger partial charge in [-0.3, -0.25) is 0 Å². The van der Waals surface area contributed by atoms with Crippen molar-refractivity contribution in [3.63, 3.8) is 0 Å². The molecule has 1 aromatic carbocycles. The van der Waals surface area contributed by atoms with Gasteiger partial charge in [0.05, 0.1) is 6.61 Å². The Labute approximate surface area is 96.8 Å². The fourth-order valence-electron chi connectivity index (χ4n) is 2.10. The number of fused-ring (bicyclic) bond motifs is 1. The van der Waals surface area contributed by atoms with Crippen LogP contribution < -0.4 is 0 Å². The second-order valence-corrected chi connectivity index (χ2v) is 3.92. The molecule has 0 bridgehead atoms. The number of benzene rings is 1. The van der Waals surface area contributed by atoms with Crippen molar-refractivity contribution in [2.24, 2.45) is 0 Å². The topological polar surface area (TPSA) is 14.2 Å². The first-order valence-corrected chi connectivity index (χ1v) is 6.01. The van der Waals surface area contributed by atoms with Crippen LogP contribution in [0.3, 0.4) is 0 Å². The Bertz CT molecular complexity index is 459. The molecule has 0 N–H and O–H groups in total. The van der Waals surface area contributed by atoms with Gasteiger partial charge in [-0.2, -0.15) is 0 Å². The van der Waals surface area contributed by atoms with Crippen molar-refractivity contribution in [2.45, 2.75) is 26.8 Å². The Morgan fingerprint density at radius 2 is 2.00 bits per heavy atom. The number of rotatable bonds is 5. The van der Waals surface area contributed by atoms with Crippen molar-refractivity contribution in [1.29, 1.82) is 0 Å². The Balaban J connectivity index is 2.30. The number of hydrogen-bond donors (Lipinski definition) is 0. The molecule has 2 rings (SSSR count). The summed E-state index contributed by atoms with van der Waals surface area (Å²) < 4.78 is 7.70. The fraction of sp³-hybridized carbons (Fsp3) is 0.429. The molecule has 0 saturated heterocycles. The lowest BCUT2D eigenvalue weighted by Crippen LogP contribution is -2.04. The number of hydrogen-bond acceptors (Lipinski definition) is 1. The van der Waals surface area contributed by atoms with E-state index in [4.69, 9.17) is 4.74 Å². The van der Waals surface area contributed by atoms with E-state index in [1.165, 1.54) is 16.5 Å². The van der Waals surface area contributed by atoms with Crippen molar-refractivity contribution in [3.05, 3.63) is 36.0 Å². The molecule has 0 amide bonds. The second-order valence-electron chi connectivity index (χ2n) is 3.92. The maximum absolute atomic E-state index is 5.41. The van der Waals surface area contributed by atoms with Crippen LogP contribution in [0.25, 0.3) is 10.9 Å². The van der Waals surface area contributed by atoms with E-state index in [-0.39, 0.29) is 0 Å². The van der Waals surface area contributed by atoms with Gasteiger partial charge in [-0.25, -0.2) is 0 Å². The van der Waals surface area contributed by atoms with Crippen LogP contribution in [0.15, 0.2) is 30.5 Å². The van der Waals surface area contributed by atoms with Gasteiger partial charge in [0.2, 0.25) is 0 Å². The van der Waals surface area contributed by atoms with Gasteiger partial charge in [-0.05, 0) is 25.0 Å². The first kappa shape index (κ1) is 11.2. The van der Waals surface area contributed by atoms with E-state index in [2.05, 4.69) is 42.0 Å². The molecular formula is C14H19NO. The molecule has 86 valence electrons. The molecule has 0 spiro atoms. The van der Waals surface area contributed by atoms with E-state index < -0.39 is 0 Å². The SMILES string of the molecule is CCOCCn1cc(CC)c2ccccc21. The largest absolute Gasteiger partial charge is 0.380 e. The van der Waals surface area contributed by atoms with Gasteiger partial charge in [-0.1, -0.05) is 25.1 Å². The first-order valence-electron chi connectivity index (χ1n) is 6.01. The second kappa shape index (κ2) is 5.17. The monoisotopic (exact) mass is 217 g/mol. The minimum absolute atomic E-state index is 0.790. The van der Waals surface area contributed by atoms with Crippen LogP contribution in [0.2, 0.25) is 0 Å². The van der Waals surface area contributed by atoms with E-state index in [0.717, 1.165) is 26.2 Å². The Hall–Kier alpha value is -1.28. The fourth-order valence-corrected chi connectivity index (χ4v) is 2.10. The van der Waals surface area contributed by atoms with Crippen molar-refractivity contribution < 1.29 is 4.74 Å². The lowest BCUT2D eigenvalue weighted by atomic mass is 10.1. The average Bonchev–Trinajstić information content (AvgIpc) is 2.68. The van der Waals surface area contributed by atoms with Gasteiger partial charge in [0.25, 0.3) is 0 Å². The average molecular weight is 217 g/mol. The van der Waals surface area contributed by atoms with Gasteiger partial charge in [0, 0.05) is 30.3 Å². The van der Waals surface area contributed by atoms with Crippen LogP contribution in [-0.2, 0) is 17.7 Å². The molecule has 16 heavy (non-hydrogen) atoms. The van der Waals surface area contributed by atoms with Crippen molar-refractivity contribution in [2.75, 3.05) is 13.2 Å². The third kappa shape index (κ3) is 2.12. The minimum Gasteiger partial charge on any atom is -0.380 e. The molecule has 2 aromatic rings. The number of nitrogens with zero attached hydrogens (tertiary/aromatic N) is 1. The molecule has 0 unspecified atom stereocenters. The third-order valence-corrected chi connectivity index (χ3v) is 2.93. The predicted molar refractivity (Wildman–Crippen MR) is 67.8 cm³/mol. The van der Waals surface area contributed by atoms with Crippen molar-refractivity contribution in [3.8, 4) is 0 Å². The Morgan fingerprint density at radius 3 is 2.75 bits per heavy atom. The lowest BCUT2D eigenvalue weighted by Gasteiger charge is -2.04. The van der Waals surface area contributed by atoms with E-state index in [1.54, 1.807) is 0 Å². The van der Waals surface area contributed by atoms with Crippen molar-refractivity contribution >= 4 is 10.9 Å². The predicted octanol–water partition coefficient (Wildman–Crippen LogP) is 3.24. The quantitative estimate of drug-likeness (QED) is 0.701. The molecule has 0 atom stereocenters. The van der Waals surface area contributed by atoms with Crippen LogP contribution in [0.1, 0.15) is 19.4 Å². The van der Waals surface area contributed by atoms with E-state index in [0.29, 0.717) is 0 Å². The summed E-state index contributed by atoms with van der Waals surface area (Å²) in [5.74, 6) is 0. The molecular weight excluding hydrogens is 198 g/mol. The maximum Gasteiger partial charge on any atom is 0.0645 e. The summed E-state index contributed by atoms with van der Waals surface area (Å²) in [6.45, 7) is 6.76. The number of aromatic nitrogens is 1. The van der Waals surface area contributed by atoms with Crippen LogP contribution in [0, 0.1) is 0 Å². The zero-order chi connectivity index (χ0) is 11.4. The Kier molecular flexibility index (Phi) is 3.62. The molecule has 1 heterocycles. The standard InChI is InChI=1S/C14H19NO/c1-3-12-11-15(9-10-16-4-2)14-8-6-5-7-13(12)14/h5-8,11H,3-4,9-10H2,1-2H3. The summed E-state index contributed by atoms with van der Waals surface area (Å²) >= 11 is 0. The summed E-state index contributed by atoms with van der Waals surface area (Å²) in [4.78, 5) is 0. The van der Waals surface area contributed by atoms with E-state index >= 15 is 0 Å². The maximum atomic E-state index is 5.41. The van der Waals surface area contributed by atoms with E-state index in [9.17, 15) is 0 Å².